The van der Waals surface area contributed by atoms with Gasteiger partial charge in [-0.25, -0.2) is 0 Å². The predicted molar refractivity (Wildman–Crippen MR) is 64.0 cm³/mol. The summed E-state index contributed by atoms with van der Waals surface area (Å²) in [5.41, 5.74) is 3.78. The topological polar surface area (TPSA) is 50.4 Å². The van der Waals surface area contributed by atoms with Gasteiger partial charge in [0.25, 0.3) is 0 Å². The first kappa shape index (κ1) is 16.2. The van der Waals surface area contributed by atoms with E-state index in [1.54, 1.807) is 0 Å². The van der Waals surface area contributed by atoms with E-state index in [9.17, 15) is 26.3 Å². The lowest BCUT2D eigenvalue weighted by Gasteiger charge is -2.12. The summed E-state index contributed by atoms with van der Waals surface area (Å²) >= 11 is 4.37. The second-order valence-electron chi connectivity index (χ2n) is 3.57. The molecule has 0 spiro atoms. The molecule has 0 amide bonds. The summed E-state index contributed by atoms with van der Waals surface area (Å²) in [7, 11) is 0. The van der Waals surface area contributed by atoms with E-state index in [0.717, 1.165) is 6.21 Å². The molecular formula is C10H7F6N3S. The maximum absolute atomic E-state index is 12.5. The number of alkyl halides is 6. The van der Waals surface area contributed by atoms with E-state index in [2.05, 4.69) is 17.3 Å². The van der Waals surface area contributed by atoms with Crippen LogP contribution in [0.3, 0.4) is 0 Å². The third-order valence-electron chi connectivity index (χ3n) is 2.00. The standard InChI is InChI=1S/C10H7F6N3S/c11-9(12,13)6-1-5(4-18-19-8(17)20)2-7(3-6)10(14,15)16/h1-4H,(H3,17,19,20). The molecule has 0 aliphatic carbocycles. The van der Waals surface area contributed by atoms with Gasteiger partial charge >= 0.3 is 12.4 Å². The zero-order valence-corrected chi connectivity index (χ0v) is 10.3. The number of rotatable bonds is 2. The highest BCUT2D eigenvalue weighted by atomic mass is 32.1. The van der Waals surface area contributed by atoms with E-state index in [1.807, 2.05) is 5.43 Å². The van der Waals surface area contributed by atoms with Crippen molar-refractivity contribution in [2.45, 2.75) is 12.4 Å². The minimum atomic E-state index is -4.90. The molecule has 0 heterocycles. The number of nitrogens with zero attached hydrogens (tertiary/aromatic N) is 1. The average Bonchev–Trinajstić information content (AvgIpc) is 2.25. The Morgan fingerprint density at radius 2 is 1.50 bits per heavy atom. The van der Waals surface area contributed by atoms with Crippen molar-refractivity contribution in [3.05, 3.63) is 34.9 Å². The Morgan fingerprint density at radius 3 is 1.85 bits per heavy atom. The van der Waals surface area contributed by atoms with Crippen LogP contribution in [0.4, 0.5) is 26.3 Å². The first-order valence-corrected chi connectivity index (χ1v) is 5.29. The molecule has 0 saturated carbocycles. The van der Waals surface area contributed by atoms with Crippen molar-refractivity contribution in [2.75, 3.05) is 0 Å². The molecule has 0 fully saturated rings. The first-order valence-electron chi connectivity index (χ1n) is 4.88. The summed E-state index contributed by atoms with van der Waals surface area (Å²) in [4.78, 5) is 0. The van der Waals surface area contributed by atoms with Crippen molar-refractivity contribution in [1.82, 2.24) is 5.43 Å². The highest BCUT2D eigenvalue weighted by Gasteiger charge is 2.36. The monoisotopic (exact) mass is 315 g/mol. The largest absolute Gasteiger partial charge is 0.416 e. The Balaban J connectivity index is 3.24. The summed E-state index contributed by atoms with van der Waals surface area (Å²) in [6.45, 7) is 0. The van der Waals surface area contributed by atoms with Crippen LogP contribution in [0.15, 0.2) is 23.3 Å². The summed E-state index contributed by atoms with van der Waals surface area (Å²) in [6, 6.07) is 1.08. The van der Waals surface area contributed by atoms with Gasteiger partial charge in [0.2, 0.25) is 0 Å². The Bertz CT molecular complexity index is 503. The fraction of sp³-hybridized carbons (Fsp3) is 0.200. The van der Waals surface area contributed by atoms with Crippen molar-refractivity contribution in [1.29, 1.82) is 0 Å². The summed E-state index contributed by atoms with van der Waals surface area (Å²) in [6.07, 6.45) is -9.05. The molecule has 0 atom stereocenters. The molecule has 1 rings (SSSR count). The molecule has 0 unspecified atom stereocenters. The quantitative estimate of drug-likeness (QED) is 0.382. The molecule has 0 saturated heterocycles. The molecule has 110 valence electrons. The summed E-state index contributed by atoms with van der Waals surface area (Å²) in [5.74, 6) is 0. The first-order chi connectivity index (χ1) is 9.00. The van der Waals surface area contributed by atoms with Crippen molar-refractivity contribution in [3.8, 4) is 0 Å². The number of hydrogen-bond acceptors (Lipinski definition) is 2. The fourth-order valence-corrected chi connectivity index (χ4v) is 1.28. The van der Waals surface area contributed by atoms with Gasteiger partial charge in [-0.2, -0.15) is 31.4 Å². The molecule has 0 aliphatic rings. The second-order valence-corrected chi connectivity index (χ2v) is 4.01. The maximum Gasteiger partial charge on any atom is 0.416 e. The van der Waals surface area contributed by atoms with Gasteiger partial charge in [0.1, 0.15) is 0 Å². The minimum absolute atomic E-state index is 0.0261. The minimum Gasteiger partial charge on any atom is -0.375 e. The highest BCUT2D eigenvalue weighted by molar-refractivity contribution is 7.80. The fourth-order valence-electron chi connectivity index (χ4n) is 1.22. The van der Waals surface area contributed by atoms with Crippen molar-refractivity contribution in [3.63, 3.8) is 0 Å². The van der Waals surface area contributed by atoms with Gasteiger partial charge in [-0.05, 0) is 36.0 Å². The summed E-state index contributed by atoms with van der Waals surface area (Å²) < 4.78 is 75.1. The molecule has 0 aromatic heterocycles. The van der Waals surface area contributed by atoms with E-state index >= 15 is 0 Å². The average molecular weight is 315 g/mol. The van der Waals surface area contributed by atoms with Crippen molar-refractivity contribution in [2.24, 2.45) is 10.8 Å². The zero-order chi connectivity index (χ0) is 15.6. The second kappa shape index (κ2) is 5.65. The number of halogens is 6. The number of benzene rings is 1. The number of hydrazone groups is 1. The van der Waals surface area contributed by atoms with E-state index < -0.39 is 29.0 Å². The third-order valence-corrected chi connectivity index (χ3v) is 2.09. The van der Waals surface area contributed by atoms with Gasteiger partial charge < -0.3 is 5.73 Å². The molecule has 10 heteroatoms. The Labute approximate surface area is 114 Å². The molecule has 3 N–H and O–H groups in total. The normalized spacial score (nSPS) is 12.7. The van der Waals surface area contributed by atoms with Crippen LogP contribution in [0.5, 0.6) is 0 Å². The van der Waals surface area contributed by atoms with E-state index in [4.69, 9.17) is 5.73 Å². The highest BCUT2D eigenvalue weighted by Crippen LogP contribution is 2.35. The Morgan fingerprint density at radius 1 is 1.05 bits per heavy atom. The number of hydrogen-bond donors (Lipinski definition) is 2. The van der Waals surface area contributed by atoms with Gasteiger partial charge in [-0.1, -0.05) is 0 Å². The van der Waals surface area contributed by atoms with Gasteiger partial charge in [-0.15, -0.1) is 0 Å². The third kappa shape index (κ3) is 4.68. The molecule has 0 aliphatic heterocycles. The molecule has 3 nitrogen and oxygen atoms in total. The van der Waals surface area contributed by atoms with Crippen LogP contribution in [0.1, 0.15) is 16.7 Å². The molecule has 0 radical (unpaired) electrons. The zero-order valence-electron chi connectivity index (χ0n) is 9.51. The Kier molecular flexibility index (Phi) is 4.58. The van der Waals surface area contributed by atoms with Gasteiger partial charge in [-0.3, -0.25) is 5.43 Å². The van der Waals surface area contributed by atoms with Crippen LogP contribution in [0, 0.1) is 0 Å². The lowest BCUT2D eigenvalue weighted by Crippen LogP contribution is -2.24. The Hall–Kier alpha value is -1.84. The predicted octanol–water partition coefficient (Wildman–Crippen LogP) is 2.89. The van der Waals surface area contributed by atoms with Crippen LogP contribution in [0.25, 0.3) is 0 Å². The van der Waals surface area contributed by atoms with E-state index in [0.29, 0.717) is 12.1 Å². The maximum atomic E-state index is 12.5. The van der Waals surface area contributed by atoms with Crippen LogP contribution in [-0.4, -0.2) is 11.3 Å². The lowest BCUT2D eigenvalue weighted by atomic mass is 10.1. The van der Waals surface area contributed by atoms with E-state index in [-0.39, 0.29) is 11.2 Å². The van der Waals surface area contributed by atoms with Gasteiger partial charge in [0.05, 0.1) is 17.3 Å². The molecule has 20 heavy (non-hydrogen) atoms. The SMILES string of the molecule is NC(=S)NN=Cc1cc(C(F)(F)F)cc(C(F)(F)F)c1. The van der Waals surface area contributed by atoms with Crippen LogP contribution in [0.2, 0.25) is 0 Å². The molecular weight excluding hydrogens is 308 g/mol. The lowest BCUT2D eigenvalue weighted by molar-refractivity contribution is -0.143. The van der Waals surface area contributed by atoms with Crippen molar-refractivity contribution >= 4 is 23.5 Å². The summed E-state index contributed by atoms with van der Waals surface area (Å²) in [5, 5.41) is 3.04. The van der Waals surface area contributed by atoms with E-state index in [1.165, 1.54) is 0 Å². The van der Waals surface area contributed by atoms with Crippen LogP contribution in [-0.2, 0) is 12.4 Å². The smallest absolute Gasteiger partial charge is 0.375 e. The van der Waals surface area contributed by atoms with Crippen LogP contribution >= 0.6 is 12.2 Å². The molecule has 0 bridgehead atoms. The molecule has 1 aromatic rings. The molecule has 1 aromatic carbocycles. The number of thiocarbonyl (C=S) groups is 1. The van der Waals surface area contributed by atoms with Gasteiger partial charge in [0, 0.05) is 0 Å². The van der Waals surface area contributed by atoms with Gasteiger partial charge in [0.15, 0.2) is 5.11 Å². The van der Waals surface area contributed by atoms with Crippen LogP contribution < -0.4 is 11.2 Å². The number of nitrogens with two attached hydrogens (primary N) is 1. The van der Waals surface area contributed by atoms with Crippen molar-refractivity contribution < 1.29 is 26.3 Å². The number of nitrogens with one attached hydrogen (secondary N) is 1.